The van der Waals surface area contributed by atoms with Crippen molar-refractivity contribution in [3.05, 3.63) is 46.3 Å². The third kappa shape index (κ3) is 2.79. The first-order chi connectivity index (χ1) is 8.60. The van der Waals surface area contributed by atoms with Gasteiger partial charge in [-0.2, -0.15) is 0 Å². The van der Waals surface area contributed by atoms with Crippen molar-refractivity contribution in [2.75, 3.05) is 12.4 Å². The highest BCUT2D eigenvalue weighted by Gasteiger charge is 2.08. The first-order valence-electron chi connectivity index (χ1n) is 5.33. The second kappa shape index (κ2) is 5.35. The predicted molar refractivity (Wildman–Crippen MR) is 72.9 cm³/mol. The topological polar surface area (TPSA) is 34.1 Å². The van der Waals surface area contributed by atoms with Gasteiger partial charge >= 0.3 is 0 Å². The van der Waals surface area contributed by atoms with Gasteiger partial charge in [0.25, 0.3) is 0 Å². The Bertz CT molecular complexity index is 575. The van der Waals surface area contributed by atoms with Crippen LogP contribution in [0.25, 0.3) is 0 Å². The Morgan fingerprint density at radius 2 is 2.11 bits per heavy atom. The maximum Gasteiger partial charge on any atom is 0.166 e. The van der Waals surface area contributed by atoms with Gasteiger partial charge < -0.3 is 10.1 Å². The highest BCUT2D eigenvalue weighted by atomic mass is 79.9. The molecule has 0 fully saturated rings. The predicted octanol–water partition coefficient (Wildman–Crippen LogP) is 4.04. The van der Waals surface area contributed by atoms with Gasteiger partial charge in [0.05, 0.1) is 12.8 Å². The molecule has 94 valence electrons. The van der Waals surface area contributed by atoms with E-state index in [1.165, 1.54) is 12.3 Å². The summed E-state index contributed by atoms with van der Waals surface area (Å²) in [5.41, 5.74) is 1.74. The molecule has 5 heteroatoms. The van der Waals surface area contributed by atoms with E-state index in [4.69, 9.17) is 4.74 Å². The van der Waals surface area contributed by atoms with Crippen molar-refractivity contribution in [3.8, 4) is 5.75 Å². The van der Waals surface area contributed by atoms with Crippen LogP contribution in [0, 0.1) is 12.7 Å². The molecule has 0 spiro atoms. The van der Waals surface area contributed by atoms with E-state index >= 15 is 0 Å². The fraction of sp³-hybridized carbons (Fsp3) is 0.154. The summed E-state index contributed by atoms with van der Waals surface area (Å²) in [5.74, 6) is 0.389. The van der Waals surface area contributed by atoms with Crippen molar-refractivity contribution in [1.29, 1.82) is 0 Å². The molecule has 0 atom stereocenters. The molecule has 1 aromatic heterocycles. The number of ether oxygens (including phenoxy) is 1. The minimum absolute atomic E-state index is 0.169. The molecule has 2 rings (SSSR count). The van der Waals surface area contributed by atoms with Crippen LogP contribution in [0.4, 0.5) is 15.9 Å². The van der Waals surface area contributed by atoms with Crippen LogP contribution in [0.5, 0.6) is 5.75 Å². The van der Waals surface area contributed by atoms with E-state index in [1.54, 1.807) is 7.11 Å². The molecular formula is C13H12BrFN2O. The molecule has 3 nitrogen and oxygen atoms in total. The highest BCUT2D eigenvalue weighted by Crippen LogP contribution is 2.29. The van der Waals surface area contributed by atoms with E-state index in [-0.39, 0.29) is 5.82 Å². The maximum absolute atomic E-state index is 13.7. The quantitative estimate of drug-likeness (QED) is 0.929. The number of pyridine rings is 1. The van der Waals surface area contributed by atoms with Gasteiger partial charge in [-0.3, -0.25) is 0 Å². The van der Waals surface area contributed by atoms with Gasteiger partial charge in [0.2, 0.25) is 0 Å². The molecule has 0 aliphatic carbocycles. The SMILES string of the molecule is COc1ccc(C)cc1Nc1ncc(Br)cc1F. The summed E-state index contributed by atoms with van der Waals surface area (Å²) in [6, 6.07) is 6.99. The number of methoxy groups -OCH3 is 1. The van der Waals surface area contributed by atoms with Crippen LogP contribution in [0.1, 0.15) is 5.56 Å². The average molecular weight is 311 g/mol. The Kier molecular flexibility index (Phi) is 3.81. The molecule has 18 heavy (non-hydrogen) atoms. The van der Waals surface area contributed by atoms with Gasteiger partial charge in [0.15, 0.2) is 11.6 Å². The van der Waals surface area contributed by atoms with Gasteiger partial charge in [-0.05, 0) is 46.6 Å². The minimum atomic E-state index is -0.423. The second-order valence-corrected chi connectivity index (χ2v) is 4.73. The zero-order valence-electron chi connectivity index (χ0n) is 10.00. The Morgan fingerprint density at radius 1 is 1.33 bits per heavy atom. The molecule has 0 saturated heterocycles. The Balaban J connectivity index is 2.36. The zero-order chi connectivity index (χ0) is 13.1. The van der Waals surface area contributed by atoms with Gasteiger partial charge in [-0.25, -0.2) is 9.37 Å². The molecule has 1 N–H and O–H groups in total. The van der Waals surface area contributed by atoms with E-state index < -0.39 is 5.82 Å². The van der Waals surface area contributed by atoms with Crippen molar-refractivity contribution in [2.24, 2.45) is 0 Å². The molecule has 1 aromatic carbocycles. The van der Waals surface area contributed by atoms with Gasteiger partial charge in [-0.15, -0.1) is 0 Å². The molecule has 0 saturated carbocycles. The minimum Gasteiger partial charge on any atom is -0.495 e. The molecule has 0 aliphatic rings. The van der Waals surface area contributed by atoms with Crippen molar-refractivity contribution in [2.45, 2.75) is 6.92 Å². The first kappa shape index (κ1) is 12.8. The molecular weight excluding hydrogens is 299 g/mol. The third-order valence-electron chi connectivity index (χ3n) is 2.42. The molecule has 0 aliphatic heterocycles. The number of halogens is 2. The third-order valence-corrected chi connectivity index (χ3v) is 2.85. The summed E-state index contributed by atoms with van der Waals surface area (Å²) in [5, 5.41) is 2.93. The summed E-state index contributed by atoms with van der Waals surface area (Å²) in [4.78, 5) is 3.99. The van der Waals surface area contributed by atoms with Crippen LogP contribution in [0.2, 0.25) is 0 Å². The van der Waals surface area contributed by atoms with Gasteiger partial charge in [0, 0.05) is 10.7 Å². The van der Waals surface area contributed by atoms with Crippen LogP contribution in [0.15, 0.2) is 34.9 Å². The normalized spacial score (nSPS) is 10.2. The lowest BCUT2D eigenvalue weighted by atomic mass is 10.2. The summed E-state index contributed by atoms with van der Waals surface area (Å²) >= 11 is 3.17. The van der Waals surface area contributed by atoms with E-state index in [1.807, 2.05) is 25.1 Å². The molecule has 1 heterocycles. The van der Waals surface area contributed by atoms with Gasteiger partial charge in [0.1, 0.15) is 5.75 Å². The fourth-order valence-corrected chi connectivity index (χ4v) is 1.86. The molecule has 0 amide bonds. The van der Waals surface area contributed by atoms with Crippen LogP contribution < -0.4 is 10.1 Å². The van der Waals surface area contributed by atoms with Crippen LogP contribution in [0.3, 0.4) is 0 Å². The van der Waals surface area contributed by atoms with Crippen molar-refractivity contribution < 1.29 is 9.13 Å². The molecule has 0 bridgehead atoms. The summed E-state index contributed by atoms with van der Waals surface area (Å²) < 4.78 is 19.5. The maximum atomic E-state index is 13.7. The molecule has 0 radical (unpaired) electrons. The number of anilines is 2. The van der Waals surface area contributed by atoms with Crippen LogP contribution in [-0.4, -0.2) is 12.1 Å². The number of aromatic nitrogens is 1. The monoisotopic (exact) mass is 310 g/mol. The Morgan fingerprint density at radius 3 is 2.78 bits per heavy atom. The van der Waals surface area contributed by atoms with Crippen molar-refractivity contribution in [3.63, 3.8) is 0 Å². The number of hydrogen-bond donors (Lipinski definition) is 1. The number of nitrogens with zero attached hydrogens (tertiary/aromatic N) is 1. The van der Waals surface area contributed by atoms with Crippen molar-refractivity contribution in [1.82, 2.24) is 4.98 Å². The van der Waals surface area contributed by atoms with E-state index in [0.29, 0.717) is 15.9 Å². The number of aryl methyl sites for hydroxylation is 1. The summed E-state index contributed by atoms with van der Waals surface area (Å²) in [6.45, 7) is 1.95. The number of nitrogens with one attached hydrogen (secondary N) is 1. The highest BCUT2D eigenvalue weighted by molar-refractivity contribution is 9.10. The smallest absolute Gasteiger partial charge is 0.166 e. The molecule has 0 unspecified atom stereocenters. The lowest BCUT2D eigenvalue weighted by Gasteiger charge is -2.11. The summed E-state index contributed by atoms with van der Waals surface area (Å²) in [7, 11) is 1.57. The van der Waals surface area contributed by atoms with E-state index in [0.717, 1.165) is 5.56 Å². The summed E-state index contributed by atoms with van der Waals surface area (Å²) in [6.07, 6.45) is 1.54. The second-order valence-electron chi connectivity index (χ2n) is 3.81. The van der Waals surface area contributed by atoms with Crippen LogP contribution >= 0.6 is 15.9 Å². The fourth-order valence-electron chi connectivity index (χ4n) is 1.55. The van der Waals surface area contributed by atoms with Crippen LogP contribution in [-0.2, 0) is 0 Å². The van der Waals surface area contributed by atoms with E-state index in [2.05, 4.69) is 26.2 Å². The molecule has 2 aromatic rings. The lowest BCUT2D eigenvalue weighted by molar-refractivity contribution is 0.416. The van der Waals surface area contributed by atoms with Crippen molar-refractivity contribution >= 4 is 27.4 Å². The number of benzene rings is 1. The Labute approximate surface area is 113 Å². The standard InChI is InChI=1S/C13H12BrFN2O/c1-8-3-4-12(18-2)11(5-8)17-13-10(15)6-9(14)7-16-13/h3-7H,1-2H3,(H,16,17). The average Bonchev–Trinajstić information content (AvgIpc) is 2.33. The first-order valence-corrected chi connectivity index (χ1v) is 6.12. The Hall–Kier alpha value is -1.62. The zero-order valence-corrected chi connectivity index (χ0v) is 11.6. The lowest BCUT2D eigenvalue weighted by Crippen LogP contribution is -1.99. The number of rotatable bonds is 3. The largest absolute Gasteiger partial charge is 0.495 e. The number of hydrogen-bond acceptors (Lipinski definition) is 3. The van der Waals surface area contributed by atoms with Gasteiger partial charge in [-0.1, -0.05) is 6.07 Å². The van der Waals surface area contributed by atoms with E-state index in [9.17, 15) is 4.39 Å².